The van der Waals surface area contributed by atoms with Crippen molar-refractivity contribution in [2.24, 2.45) is 5.92 Å². The third-order valence-corrected chi connectivity index (χ3v) is 3.83. The summed E-state index contributed by atoms with van der Waals surface area (Å²) in [5.41, 5.74) is -0.243. The lowest BCUT2D eigenvalue weighted by Crippen LogP contribution is -2.32. The Morgan fingerprint density at radius 2 is 1.77 bits per heavy atom. The molecule has 0 unspecified atom stereocenters. The molecule has 1 aromatic carbocycles. The predicted molar refractivity (Wildman–Crippen MR) is 71.8 cm³/mol. The number of carboxylic acids is 1. The van der Waals surface area contributed by atoms with Crippen LogP contribution in [0.5, 0.6) is 0 Å². The van der Waals surface area contributed by atoms with Crippen molar-refractivity contribution >= 4 is 11.9 Å². The summed E-state index contributed by atoms with van der Waals surface area (Å²) in [6.07, 6.45) is 1.87. The molecule has 0 saturated carbocycles. The molecule has 0 aliphatic carbocycles. The van der Waals surface area contributed by atoms with Crippen LogP contribution in [0.1, 0.15) is 36.0 Å². The van der Waals surface area contributed by atoms with Crippen LogP contribution in [0.3, 0.4) is 0 Å². The van der Waals surface area contributed by atoms with Crippen LogP contribution in [0.25, 0.3) is 0 Å². The number of rotatable bonds is 3. The number of carboxylic acid groups (broad SMARTS) is 1. The lowest BCUT2D eigenvalue weighted by atomic mass is 9.97. The minimum absolute atomic E-state index is 0.0167. The Morgan fingerprint density at radius 3 is 2.36 bits per heavy atom. The second-order valence-electron chi connectivity index (χ2n) is 5.44. The fraction of sp³-hybridized carbons (Fsp3) is 0.467. The Morgan fingerprint density at radius 1 is 1.14 bits per heavy atom. The van der Waals surface area contributed by atoms with Crippen molar-refractivity contribution in [1.29, 1.82) is 0 Å². The molecule has 1 aliphatic heterocycles. The van der Waals surface area contributed by atoms with Gasteiger partial charge in [0, 0.05) is 25.1 Å². The minimum Gasteiger partial charge on any atom is -0.481 e. The first kappa shape index (κ1) is 16.3. The summed E-state index contributed by atoms with van der Waals surface area (Å²) in [6, 6.07) is 1.36. The summed E-state index contributed by atoms with van der Waals surface area (Å²) in [4.78, 5) is 24.4. The summed E-state index contributed by atoms with van der Waals surface area (Å²) in [5, 5.41) is 8.80. The van der Waals surface area contributed by atoms with Gasteiger partial charge in [-0.1, -0.05) is 0 Å². The second-order valence-corrected chi connectivity index (χ2v) is 5.44. The fourth-order valence-electron chi connectivity index (χ4n) is 2.68. The molecule has 1 amide bonds. The zero-order chi connectivity index (χ0) is 16.3. The number of nitrogens with zero attached hydrogens (tertiary/aromatic N) is 1. The van der Waals surface area contributed by atoms with E-state index in [0.717, 1.165) is 0 Å². The van der Waals surface area contributed by atoms with Crippen LogP contribution in [-0.2, 0) is 4.79 Å². The fourth-order valence-corrected chi connectivity index (χ4v) is 2.68. The monoisotopic (exact) mass is 315 g/mol. The SMILES string of the molecule is O=C(O)C[C@H]1CCCN(C(=O)c2cc(F)c(F)c(F)c2)CC1. The average Bonchev–Trinajstić information content (AvgIpc) is 2.68. The molecule has 0 aromatic heterocycles. The van der Waals surface area contributed by atoms with Gasteiger partial charge in [-0.05, 0) is 37.3 Å². The maximum absolute atomic E-state index is 13.2. The molecule has 0 radical (unpaired) electrons. The van der Waals surface area contributed by atoms with Crippen molar-refractivity contribution < 1.29 is 27.9 Å². The third kappa shape index (κ3) is 3.78. The molecule has 7 heteroatoms. The Labute approximate surface area is 125 Å². The van der Waals surface area contributed by atoms with Crippen molar-refractivity contribution in [2.45, 2.75) is 25.7 Å². The van der Waals surface area contributed by atoms with Crippen molar-refractivity contribution in [3.05, 3.63) is 35.1 Å². The molecule has 0 spiro atoms. The molecule has 1 saturated heterocycles. The number of likely N-dealkylation sites (tertiary alicyclic amines) is 1. The first-order valence-corrected chi connectivity index (χ1v) is 7.04. The van der Waals surface area contributed by atoms with Crippen LogP contribution in [0.15, 0.2) is 12.1 Å². The molecule has 0 bridgehead atoms. The van der Waals surface area contributed by atoms with E-state index in [1.165, 1.54) is 4.90 Å². The molecular formula is C15H16F3NO3. The summed E-state index contributed by atoms with van der Waals surface area (Å²) >= 11 is 0. The van der Waals surface area contributed by atoms with Gasteiger partial charge in [0.1, 0.15) is 0 Å². The summed E-state index contributed by atoms with van der Waals surface area (Å²) in [5.74, 6) is -5.88. The average molecular weight is 315 g/mol. The van der Waals surface area contributed by atoms with E-state index >= 15 is 0 Å². The third-order valence-electron chi connectivity index (χ3n) is 3.83. The molecule has 22 heavy (non-hydrogen) atoms. The summed E-state index contributed by atoms with van der Waals surface area (Å²) in [6.45, 7) is 0.701. The quantitative estimate of drug-likeness (QED) is 0.873. The number of carbonyl (C=O) groups is 2. The normalized spacial score (nSPS) is 18.9. The van der Waals surface area contributed by atoms with Crippen LogP contribution < -0.4 is 0 Å². The maximum Gasteiger partial charge on any atom is 0.303 e. The topological polar surface area (TPSA) is 57.6 Å². The summed E-state index contributed by atoms with van der Waals surface area (Å²) < 4.78 is 39.3. The molecule has 1 N–H and O–H groups in total. The van der Waals surface area contributed by atoms with E-state index < -0.39 is 29.3 Å². The van der Waals surface area contributed by atoms with E-state index in [1.54, 1.807) is 0 Å². The van der Waals surface area contributed by atoms with Gasteiger partial charge in [-0.15, -0.1) is 0 Å². The number of amides is 1. The van der Waals surface area contributed by atoms with Gasteiger partial charge in [0.05, 0.1) is 0 Å². The van der Waals surface area contributed by atoms with Crippen molar-refractivity contribution in [3.63, 3.8) is 0 Å². The number of halogens is 3. The molecule has 1 atom stereocenters. The Hall–Kier alpha value is -2.05. The molecule has 1 aliphatic rings. The van der Waals surface area contributed by atoms with Gasteiger partial charge in [-0.2, -0.15) is 0 Å². The zero-order valence-corrected chi connectivity index (χ0v) is 11.8. The van der Waals surface area contributed by atoms with Gasteiger partial charge in [0.15, 0.2) is 17.5 Å². The van der Waals surface area contributed by atoms with Crippen molar-refractivity contribution in [2.75, 3.05) is 13.1 Å². The molecule has 2 rings (SSSR count). The van der Waals surface area contributed by atoms with E-state index in [0.29, 0.717) is 44.5 Å². The van der Waals surface area contributed by atoms with E-state index in [2.05, 4.69) is 0 Å². The Balaban J connectivity index is 2.08. The van der Waals surface area contributed by atoms with Gasteiger partial charge in [-0.25, -0.2) is 13.2 Å². The van der Waals surface area contributed by atoms with Gasteiger partial charge in [0.25, 0.3) is 5.91 Å². The minimum atomic E-state index is -1.60. The Bertz CT molecular complexity index is 568. The van der Waals surface area contributed by atoms with Crippen LogP contribution in [-0.4, -0.2) is 35.0 Å². The Kier molecular flexibility index (Phi) is 5.05. The first-order valence-electron chi connectivity index (χ1n) is 7.04. The van der Waals surface area contributed by atoms with Crippen LogP contribution in [0.4, 0.5) is 13.2 Å². The van der Waals surface area contributed by atoms with E-state index in [4.69, 9.17) is 5.11 Å². The van der Waals surface area contributed by atoms with Crippen LogP contribution in [0.2, 0.25) is 0 Å². The number of hydrogen-bond acceptors (Lipinski definition) is 2. The molecule has 120 valence electrons. The molecule has 1 aromatic rings. The maximum atomic E-state index is 13.2. The largest absolute Gasteiger partial charge is 0.481 e. The first-order chi connectivity index (χ1) is 10.4. The van der Waals surface area contributed by atoms with Gasteiger partial charge in [0.2, 0.25) is 0 Å². The zero-order valence-electron chi connectivity index (χ0n) is 11.8. The lowest BCUT2D eigenvalue weighted by Gasteiger charge is -2.20. The highest BCUT2D eigenvalue weighted by atomic mass is 19.2. The van der Waals surface area contributed by atoms with E-state index in [-0.39, 0.29) is 17.9 Å². The summed E-state index contributed by atoms with van der Waals surface area (Å²) in [7, 11) is 0. The molecule has 1 fully saturated rings. The predicted octanol–water partition coefficient (Wildman–Crippen LogP) is 2.82. The van der Waals surface area contributed by atoms with Gasteiger partial charge < -0.3 is 10.0 Å². The number of benzene rings is 1. The highest BCUT2D eigenvalue weighted by Gasteiger charge is 2.24. The number of aliphatic carboxylic acids is 1. The molecule has 1 heterocycles. The van der Waals surface area contributed by atoms with E-state index in [1.807, 2.05) is 0 Å². The van der Waals surface area contributed by atoms with Gasteiger partial charge in [-0.3, -0.25) is 9.59 Å². The number of carbonyl (C=O) groups excluding carboxylic acids is 1. The molecular weight excluding hydrogens is 299 g/mol. The van der Waals surface area contributed by atoms with Gasteiger partial charge >= 0.3 is 5.97 Å². The lowest BCUT2D eigenvalue weighted by molar-refractivity contribution is -0.138. The van der Waals surface area contributed by atoms with Crippen molar-refractivity contribution in [3.8, 4) is 0 Å². The highest BCUT2D eigenvalue weighted by molar-refractivity contribution is 5.94. The molecule has 4 nitrogen and oxygen atoms in total. The highest BCUT2D eigenvalue weighted by Crippen LogP contribution is 2.22. The standard InChI is InChI=1S/C15H16F3NO3/c16-11-7-10(8-12(17)14(11)18)15(22)19-4-1-2-9(3-5-19)6-13(20)21/h7-9H,1-6H2,(H,20,21)/t9-/m0/s1. The smallest absolute Gasteiger partial charge is 0.303 e. The number of hydrogen-bond donors (Lipinski definition) is 1. The second kappa shape index (κ2) is 6.81. The van der Waals surface area contributed by atoms with Crippen LogP contribution >= 0.6 is 0 Å². The van der Waals surface area contributed by atoms with E-state index in [9.17, 15) is 22.8 Å². The van der Waals surface area contributed by atoms with Crippen molar-refractivity contribution in [1.82, 2.24) is 4.90 Å². The van der Waals surface area contributed by atoms with Crippen LogP contribution in [0, 0.1) is 23.4 Å².